The van der Waals surface area contributed by atoms with E-state index in [0.717, 1.165) is 57.8 Å². The number of allylic oxidation sites excluding steroid dienone is 6. The highest BCUT2D eigenvalue weighted by Gasteiger charge is 2.49. The molecule has 1 heterocycles. The van der Waals surface area contributed by atoms with E-state index in [1.807, 2.05) is 6.92 Å². The molecule has 0 aromatic carbocycles. The molecule has 1 saturated carbocycles. The van der Waals surface area contributed by atoms with Gasteiger partial charge < -0.3 is 55.2 Å². The number of phosphoric ester groups is 1. The molecule has 1 aliphatic carbocycles. The van der Waals surface area contributed by atoms with Gasteiger partial charge in [-0.15, -0.1) is 0 Å². The third-order valence-electron chi connectivity index (χ3n) is 12.1. The Bertz CT molecular complexity index is 1550. The maximum atomic E-state index is 13.5. The topological polar surface area (TPSA) is 287 Å². The number of hydrogen-bond donors (Lipinski definition) is 9. The van der Waals surface area contributed by atoms with Crippen molar-refractivity contribution in [2.24, 2.45) is 11.8 Å². The zero-order valence-electron chi connectivity index (χ0n) is 39.8. The van der Waals surface area contributed by atoms with Crippen LogP contribution in [0.5, 0.6) is 0 Å². The fraction of sp³-hybridized carbons (Fsp3) is 0.776. The molecule has 9 N–H and O–H groups in total. The van der Waals surface area contributed by atoms with E-state index in [1.54, 1.807) is 0 Å². The summed E-state index contributed by atoms with van der Waals surface area (Å²) in [6.45, 7) is 2.67. The molecular weight excluding hydrogens is 891 g/mol. The number of aliphatic hydroxyl groups is 8. The fourth-order valence-corrected chi connectivity index (χ4v) is 8.97. The summed E-state index contributed by atoms with van der Waals surface area (Å²) in [4.78, 5) is 49.6. The van der Waals surface area contributed by atoms with Crippen LogP contribution < -0.4 is 0 Å². The summed E-state index contributed by atoms with van der Waals surface area (Å²) in [5, 5.41) is 89.9. The zero-order chi connectivity index (χ0) is 49.6. The van der Waals surface area contributed by atoms with Gasteiger partial charge >= 0.3 is 19.8 Å². The van der Waals surface area contributed by atoms with Crippen molar-refractivity contribution in [1.82, 2.24) is 0 Å². The van der Waals surface area contributed by atoms with Gasteiger partial charge in [0.05, 0.1) is 37.1 Å². The van der Waals surface area contributed by atoms with Crippen molar-refractivity contribution in [1.29, 1.82) is 0 Å². The number of esters is 2. The first kappa shape index (κ1) is 60.5. The molecule has 0 spiro atoms. The van der Waals surface area contributed by atoms with E-state index in [1.165, 1.54) is 31.4 Å². The van der Waals surface area contributed by atoms with Gasteiger partial charge in [-0.2, -0.15) is 0 Å². The second-order valence-electron chi connectivity index (χ2n) is 17.9. The molecule has 1 unspecified atom stereocenters. The number of Topliss-reactive ketones (excluding diaryl/α,β-unsaturated/α-hetero) is 1. The molecule has 0 aromatic heterocycles. The molecule has 2 bridgehead atoms. The van der Waals surface area contributed by atoms with Gasteiger partial charge in [0.25, 0.3) is 0 Å². The van der Waals surface area contributed by atoms with E-state index in [2.05, 4.69) is 43.4 Å². The van der Waals surface area contributed by atoms with Crippen molar-refractivity contribution in [3.8, 4) is 0 Å². The van der Waals surface area contributed by atoms with Crippen LogP contribution >= 0.6 is 7.82 Å². The number of phosphoric acid groups is 1. The smallest absolute Gasteiger partial charge is 0.462 e. The Morgan fingerprint density at radius 1 is 0.746 bits per heavy atom. The molecule has 1 saturated heterocycles. The maximum Gasteiger partial charge on any atom is 0.472 e. The highest BCUT2D eigenvalue weighted by molar-refractivity contribution is 7.47. The van der Waals surface area contributed by atoms with E-state index in [0.29, 0.717) is 19.3 Å². The van der Waals surface area contributed by atoms with Crippen molar-refractivity contribution < 1.29 is 83.2 Å². The van der Waals surface area contributed by atoms with Gasteiger partial charge in [-0.25, -0.2) is 4.57 Å². The molecule has 0 amide bonds. The number of ether oxygens (including phenoxy) is 2. The summed E-state index contributed by atoms with van der Waals surface area (Å²) in [5.41, 5.74) is 0. The van der Waals surface area contributed by atoms with Crippen molar-refractivity contribution in [2.75, 3.05) is 13.2 Å². The van der Waals surface area contributed by atoms with Crippen molar-refractivity contribution in [2.45, 2.75) is 216 Å². The predicted molar refractivity (Wildman–Crippen MR) is 251 cm³/mol. The highest BCUT2D eigenvalue weighted by atomic mass is 31.2. The van der Waals surface area contributed by atoms with Gasteiger partial charge in [0, 0.05) is 43.9 Å². The standard InChI is InChI=1S/C49H83O17P/c1-3-5-7-8-9-10-11-12-13-14-15-16-17-18-19-20-22-27-42(54)63-33-37-34-64-67(61,62)66-49-47(59)44(56)38(30-29-35(50)25-21-6-4-2)40(52)32-41(53)39(45(57)46(58)48(49)60)31-36(51)26-23-24-28-43(55)65-37/h9-10,12-13,15-16,29-30,35,37-41,44-50,52-53,56-60H,3-8,11,14,17-28,31-34H2,1-2H3,(H,61,62)/b10-9-,13-12-,16-15-,30-29+/t35-,37+,38-,39-,40+,41-,44+,45+,46-,47+,48+,49+/m0/s1. The lowest BCUT2D eigenvalue weighted by Gasteiger charge is -2.37. The van der Waals surface area contributed by atoms with E-state index in [9.17, 15) is 64.7 Å². The molecular formula is C49H83O17P. The fourth-order valence-electron chi connectivity index (χ4n) is 8.00. The van der Waals surface area contributed by atoms with Crippen LogP contribution in [-0.4, -0.2) is 138 Å². The normalized spacial score (nSPS) is 31.9. The lowest BCUT2D eigenvalue weighted by Crippen LogP contribution is -2.56. The van der Waals surface area contributed by atoms with Crippen LogP contribution in [0, 0.1) is 11.8 Å². The van der Waals surface area contributed by atoms with Crippen LogP contribution in [0.2, 0.25) is 0 Å². The molecule has 2 fully saturated rings. The number of hydrogen-bond acceptors (Lipinski definition) is 16. The first-order chi connectivity index (χ1) is 32.0. The van der Waals surface area contributed by atoms with Crippen LogP contribution in [0.1, 0.15) is 155 Å². The third-order valence-corrected chi connectivity index (χ3v) is 13.1. The Labute approximate surface area is 397 Å². The first-order valence-corrected chi connectivity index (χ1v) is 26.1. The molecule has 17 nitrogen and oxygen atoms in total. The van der Waals surface area contributed by atoms with Gasteiger partial charge in [-0.3, -0.25) is 23.4 Å². The van der Waals surface area contributed by atoms with Crippen LogP contribution in [0.3, 0.4) is 0 Å². The second-order valence-corrected chi connectivity index (χ2v) is 19.3. The summed E-state index contributed by atoms with van der Waals surface area (Å²) in [6, 6.07) is 0. The number of aliphatic hydroxyl groups excluding tert-OH is 8. The third kappa shape index (κ3) is 25.2. The van der Waals surface area contributed by atoms with Gasteiger partial charge in [0.2, 0.25) is 0 Å². The Balaban J connectivity index is 2.15. The molecule has 2 rings (SSSR count). The average molecular weight is 975 g/mol. The molecule has 0 aromatic rings. The molecule has 67 heavy (non-hydrogen) atoms. The Morgan fingerprint density at radius 3 is 2.01 bits per heavy atom. The van der Waals surface area contributed by atoms with Crippen molar-refractivity contribution in [3.63, 3.8) is 0 Å². The molecule has 18 heteroatoms. The number of unbranched alkanes of at least 4 members (excludes halogenated alkanes) is 9. The van der Waals surface area contributed by atoms with Gasteiger partial charge in [0.15, 0.2) is 6.10 Å². The molecule has 0 radical (unpaired) electrons. The zero-order valence-corrected chi connectivity index (χ0v) is 40.7. The van der Waals surface area contributed by atoms with E-state index in [4.69, 9.17) is 18.5 Å². The van der Waals surface area contributed by atoms with Crippen LogP contribution in [-0.2, 0) is 37.5 Å². The summed E-state index contributed by atoms with van der Waals surface area (Å²) >= 11 is 0. The van der Waals surface area contributed by atoms with E-state index in [-0.39, 0.29) is 32.1 Å². The van der Waals surface area contributed by atoms with E-state index < -0.39 is 124 Å². The lowest BCUT2D eigenvalue weighted by molar-refractivity contribution is -0.168. The number of carbonyl (C=O) groups excluding carboxylic acids is 3. The minimum absolute atomic E-state index is 0.0549. The number of ketones is 1. The van der Waals surface area contributed by atoms with Crippen molar-refractivity contribution >= 4 is 25.5 Å². The van der Waals surface area contributed by atoms with Gasteiger partial charge in [-0.05, 0) is 64.2 Å². The number of carbonyl (C=O) groups is 3. The first-order valence-electron chi connectivity index (χ1n) is 24.6. The minimum Gasteiger partial charge on any atom is -0.462 e. The molecule has 13 atom stereocenters. The highest BCUT2D eigenvalue weighted by Crippen LogP contribution is 2.47. The predicted octanol–water partition coefficient (Wildman–Crippen LogP) is 5.51. The minimum atomic E-state index is -5.50. The number of fused-ring (bicyclic) bond motifs is 4. The number of cyclic esters (lactones) is 1. The van der Waals surface area contributed by atoms with E-state index >= 15 is 0 Å². The molecule has 2 aliphatic rings. The summed E-state index contributed by atoms with van der Waals surface area (Å²) < 4.78 is 34.6. The van der Waals surface area contributed by atoms with Crippen LogP contribution in [0.15, 0.2) is 48.6 Å². The van der Waals surface area contributed by atoms with Gasteiger partial charge in [-0.1, -0.05) is 107 Å². The summed E-state index contributed by atoms with van der Waals surface area (Å²) in [7, 11) is -5.50. The Morgan fingerprint density at radius 2 is 1.34 bits per heavy atom. The van der Waals surface area contributed by atoms with Crippen molar-refractivity contribution in [3.05, 3.63) is 48.6 Å². The van der Waals surface area contributed by atoms with Crippen LogP contribution in [0.4, 0.5) is 0 Å². The number of rotatable bonds is 23. The summed E-state index contributed by atoms with van der Waals surface area (Å²) in [6.07, 6.45) is 7.55. The Hall–Kier alpha value is -2.64. The summed E-state index contributed by atoms with van der Waals surface area (Å²) in [5.74, 6) is -5.04. The quantitative estimate of drug-likeness (QED) is 0.0264. The van der Waals surface area contributed by atoms with Crippen LogP contribution in [0.25, 0.3) is 0 Å². The molecule has 1 aliphatic heterocycles. The maximum absolute atomic E-state index is 13.5. The lowest BCUT2D eigenvalue weighted by atomic mass is 9.82. The SMILES string of the molecule is CCCCC/C=C\C/C=C\C/C=C\CCCCCCC(=O)OC[C@@H]1COP(=O)(O)O[C@H]2[C@H](O)[C@@H](O)[C@H](O)[C@@H](CC(=O)CCCCC(=O)O1)[C@@H](O)C[C@@H](O)[C@H](/C=C/[C@@H](O)CCCCC)[C@@H](O)[C@H]2O. The average Bonchev–Trinajstić information content (AvgIpc) is 3.29. The van der Waals surface area contributed by atoms with Gasteiger partial charge in [0.1, 0.15) is 36.8 Å². The second kappa shape index (κ2) is 34.6. The largest absolute Gasteiger partial charge is 0.472 e. The monoisotopic (exact) mass is 975 g/mol. The Kier molecular flexibility index (Phi) is 31.3. The molecule has 386 valence electrons.